The number of anilines is 1. The SMILES string of the molecule is CC[C@H](C(=O)N[C@@H](C)CC)N(Cc1ccc(Cl)c(Cl)c1)C(=O)CCCN(c1cccc(C)c1)S(C)(=O)=O. The van der Waals surface area contributed by atoms with Crippen molar-refractivity contribution in [1.29, 1.82) is 0 Å². The van der Waals surface area contributed by atoms with Crippen molar-refractivity contribution in [3.8, 4) is 0 Å². The van der Waals surface area contributed by atoms with Gasteiger partial charge in [-0.25, -0.2) is 8.42 Å². The molecule has 0 fully saturated rings. The highest BCUT2D eigenvalue weighted by Crippen LogP contribution is 2.25. The molecule has 0 aromatic heterocycles. The van der Waals surface area contributed by atoms with Gasteiger partial charge in [-0.15, -0.1) is 0 Å². The Bertz CT molecular complexity index is 1190. The Hall–Kier alpha value is -2.29. The maximum atomic E-state index is 13.5. The van der Waals surface area contributed by atoms with Gasteiger partial charge in [-0.1, -0.05) is 55.2 Å². The van der Waals surface area contributed by atoms with E-state index in [1.165, 1.54) is 4.31 Å². The van der Waals surface area contributed by atoms with E-state index in [0.29, 0.717) is 28.6 Å². The zero-order valence-electron chi connectivity index (χ0n) is 22.1. The highest BCUT2D eigenvalue weighted by atomic mass is 35.5. The molecule has 0 radical (unpaired) electrons. The molecular weight excluding hydrogens is 533 g/mol. The molecular formula is C27H37Cl2N3O4S. The second-order valence-electron chi connectivity index (χ2n) is 9.29. The minimum Gasteiger partial charge on any atom is -0.352 e. The number of halogens is 2. The van der Waals surface area contributed by atoms with Gasteiger partial charge in [0.25, 0.3) is 0 Å². The summed E-state index contributed by atoms with van der Waals surface area (Å²) in [5.41, 5.74) is 2.24. The maximum Gasteiger partial charge on any atom is 0.243 e. The van der Waals surface area contributed by atoms with Crippen LogP contribution in [0.2, 0.25) is 10.0 Å². The van der Waals surface area contributed by atoms with E-state index in [-0.39, 0.29) is 37.4 Å². The molecule has 2 amide bonds. The number of hydrogen-bond donors (Lipinski definition) is 1. The van der Waals surface area contributed by atoms with Crippen LogP contribution in [-0.4, -0.2) is 50.0 Å². The van der Waals surface area contributed by atoms with Crippen LogP contribution in [0.15, 0.2) is 42.5 Å². The molecule has 2 aromatic carbocycles. The number of carbonyl (C=O) groups excluding carboxylic acids is 2. The third kappa shape index (κ3) is 9.20. The largest absolute Gasteiger partial charge is 0.352 e. The standard InChI is InChI=1S/C27H37Cl2N3O4S/c1-6-20(4)30-27(34)25(7-2)31(18-21-13-14-23(28)24(29)17-21)26(33)12-9-15-32(37(5,35)36)22-11-8-10-19(3)16-22/h8,10-11,13-14,16-17,20,25H,6-7,9,12,15,18H2,1-5H3,(H,30,34)/t20-,25+/m0/s1. The monoisotopic (exact) mass is 569 g/mol. The van der Waals surface area contributed by atoms with E-state index in [4.69, 9.17) is 23.2 Å². The smallest absolute Gasteiger partial charge is 0.243 e. The average molecular weight is 571 g/mol. The summed E-state index contributed by atoms with van der Waals surface area (Å²) >= 11 is 12.3. The second kappa shape index (κ2) is 14.0. The molecule has 0 saturated heterocycles. The maximum absolute atomic E-state index is 13.5. The first-order valence-corrected chi connectivity index (χ1v) is 15.1. The van der Waals surface area contributed by atoms with Crippen LogP contribution in [0, 0.1) is 6.92 Å². The number of nitrogens with one attached hydrogen (secondary N) is 1. The molecule has 2 aromatic rings. The van der Waals surface area contributed by atoms with Crippen LogP contribution in [0.3, 0.4) is 0 Å². The number of carbonyl (C=O) groups is 2. The molecule has 0 bridgehead atoms. The molecule has 204 valence electrons. The van der Waals surface area contributed by atoms with Crippen LogP contribution in [0.5, 0.6) is 0 Å². The van der Waals surface area contributed by atoms with Crippen LogP contribution >= 0.6 is 23.2 Å². The number of amides is 2. The van der Waals surface area contributed by atoms with Gasteiger partial charge in [0.15, 0.2) is 0 Å². The summed E-state index contributed by atoms with van der Waals surface area (Å²) in [4.78, 5) is 28.1. The van der Waals surface area contributed by atoms with Gasteiger partial charge >= 0.3 is 0 Å². The van der Waals surface area contributed by atoms with Crippen LogP contribution in [-0.2, 0) is 26.2 Å². The van der Waals surface area contributed by atoms with E-state index >= 15 is 0 Å². The lowest BCUT2D eigenvalue weighted by Crippen LogP contribution is -2.50. The van der Waals surface area contributed by atoms with Crippen molar-refractivity contribution in [1.82, 2.24) is 10.2 Å². The fourth-order valence-corrected chi connectivity index (χ4v) is 5.26. The topological polar surface area (TPSA) is 86.8 Å². The molecule has 7 nitrogen and oxygen atoms in total. The summed E-state index contributed by atoms with van der Waals surface area (Å²) in [6.07, 6.45) is 2.71. The van der Waals surface area contributed by atoms with Crippen molar-refractivity contribution in [2.45, 2.75) is 72.0 Å². The highest BCUT2D eigenvalue weighted by molar-refractivity contribution is 7.92. The zero-order valence-corrected chi connectivity index (χ0v) is 24.5. The first-order valence-electron chi connectivity index (χ1n) is 12.5. The molecule has 1 N–H and O–H groups in total. The van der Waals surface area contributed by atoms with Crippen molar-refractivity contribution in [3.63, 3.8) is 0 Å². The van der Waals surface area contributed by atoms with E-state index in [1.54, 1.807) is 41.3 Å². The molecule has 0 heterocycles. The normalized spacial score (nSPS) is 13.1. The molecule has 0 aliphatic heterocycles. The molecule has 0 unspecified atom stereocenters. The number of nitrogens with zero attached hydrogens (tertiary/aromatic N) is 2. The molecule has 0 saturated carbocycles. The van der Waals surface area contributed by atoms with Crippen LogP contribution < -0.4 is 9.62 Å². The van der Waals surface area contributed by atoms with Gasteiger partial charge in [-0.2, -0.15) is 0 Å². The Balaban J connectivity index is 2.25. The van der Waals surface area contributed by atoms with Gasteiger partial charge in [0, 0.05) is 25.6 Å². The van der Waals surface area contributed by atoms with Crippen molar-refractivity contribution in [2.75, 3.05) is 17.1 Å². The summed E-state index contributed by atoms with van der Waals surface area (Å²) in [6.45, 7) is 7.97. The molecule has 10 heteroatoms. The average Bonchev–Trinajstić information content (AvgIpc) is 2.82. The van der Waals surface area contributed by atoms with E-state index in [1.807, 2.05) is 33.8 Å². The number of hydrogen-bond acceptors (Lipinski definition) is 4. The molecule has 37 heavy (non-hydrogen) atoms. The Morgan fingerprint density at radius 1 is 1.03 bits per heavy atom. The third-order valence-electron chi connectivity index (χ3n) is 6.17. The van der Waals surface area contributed by atoms with Crippen molar-refractivity contribution >= 4 is 50.7 Å². The van der Waals surface area contributed by atoms with E-state index in [0.717, 1.165) is 23.8 Å². The van der Waals surface area contributed by atoms with Gasteiger partial charge in [0.2, 0.25) is 21.8 Å². The summed E-state index contributed by atoms with van der Waals surface area (Å²) in [5, 5.41) is 3.75. The Labute approximate surface area is 231 Å². The zero-order chi connectivity index (χ0) is 27.8. The first kappa shape index (κ1) is 30.9. The molecule has 2 atom stereocenters. The number of aryl methyl sites for hydroxylation is 1. The molecule has 0 aliphatic rings. The van der Waals surface area contributed by atoms with Crippen LogP contribution in [0.1, 0.15) is 57.6 Å². The summed E-state index contributed by atoms with van der Waals surface area (Å²) < 4.78 is 26.3. The third-order valence-corrected chi connectivity index (χ3v) is 8.10. The minimum absolute atomic E-state index is 0.0267. The van der Waals surface area contributed by atoms with Crippen LogP contribution in [0.25, 0.3) is 0 Å². The van der Waals surface area contributed by atoms with Crippen molar-refractivity contribution in [3.05, 3.63) is 63.6 Å². The second-order valence-corrected chi connectivity index (χ2v) is 12.0. The van der Waals surface area contributed by atoms with Crippen molar-refractivity contribution in [2.24, 2.45) is 0 Å². The number of benzene rings is 2. The fraction of sp³-hybridized carbons (Fsp3) is 0.481. The lowest BCUT2D eigenvalue weighted by Gasteiger charge is -2.32. The number of rotatable bonds is 13. The molecule has 2 rings (SSSR count). The van der Waals surface area contributed by atoms with Gasteiger partial charge in [-0.3, -0.25) is 13.9 Å². The minimum atomic E-state index is -3.54. The van der Waals surface area contributed by atoms with E-state index < -0.39 is 16.1 Å². The Morgan fingerprint density at radius 2 is 1.73 bits per heavy atom. The summed E-state index contributed by atoms with van der Waals surface area (Å²) in [7, 11) is -3.54. The lowest BCUT2D eigenvalue weighted by atomic mass is 10.1. The van der Waals surface area contributed by atoms with E-state index in [2.05, 4.69) is 5.32 Å². The Morgan fingerprint density at radius 3 is 2.30 bits per heavy atom. The highest BCUT2D eigenvalue weighted by Gasteiger charge is 2.29. The van der Waals surface area contributed by atoms with Crippen LogP contribution in [0.4, 0.5) is 5.69 Å². The summed E-state index contributed by atoms with van der Waals surface area (Å²) in [6, 6.07) is 11.6. The fourth-order valence-electron chi connectivity index (χ4n) is 3.98. The van der Waals surface area contributed by atoms with Crippen molar-refractivity contribution < 1.29 is 18.0 Å². The van der Waals surface area contributed by atoms with E-state index in [9.17, 15) is 18.0 Å². The Kier molecular flexibility index (Phi) is 11.7. The lowest BCUT2D eigenvalue weighted by molar-refractivity contribution is -0.141. The predicted octanol–water partition coefficient (Wildman–Crippen LogP) is 5.57. The molecule has 0 spiro atoms. The van der Waals surface area contributed by atoms with Gasteiger partial charge in [0.05, 0.1) is 22.0 Å². The first-order chi connectivity index (χ1) is 17.4. The quantitative estimate of drug-likeness (QED) is 0.341. The summed E-state index contributed by atoms with van der Waals surface area (Å²) in [5.74, 6) is -0.460. The predicted molar refractivity (Wildman–Crippen MR) is 152 cm³/mol. The van der Waals surface area contributed by atoms with Gasteiger partial charge in [-0.05, 0) is 68.5 Å². The van der Waals surface area contributed by atoms with Gasteiger partial charge < -0.3 is 10.2 Å². The number of sulfonamides is 1. The van der Waals surface area contributed by atoms with Gasteiger partial charge in [0.1, 0.15) is 6.04 Å². The molecule has 0 aliphatic carbocycles.